The second kappa shape index (κ2) is 5.05. The Labute approximate surface area is 103 Å². The van der Waals surface area contributed by atoms with Crippen molar-refractivity contribution in [1.29, 1.82) is 0 Å². The van der Waals surface area contributed by atoms with Crippen LogP contribution in [-0.4, -0.2) is 15.7 Å². The van der Waals surface area contributed by atoms with Crippen LogP contribution in [0.15, 0.2) is 40.3 Å². The molecule has 0 radical (unpaired) electrons. The molecule has 5 heteroatoms. The van der Waals surface area contributed by atoms with Gasteiger partial charge in [-0.3, -0.25) is 4.79 Å². The summed E-state index contributed by atoms with van der Waals surface area (Å²) in [6, 6.07) is 9.30. The summed E-state index contributed by atoms with van der Waals surface area (Å²) in [4.78, 5) is 18.9. The van der Waals surface area contributed by atoms with Crippen molar-refractivity contribution in [2.24, 2.45) is 0 Å². The Bertz CT molecular complexity index is 566. The molecular weight excluding hydrogens is 234 g/mol. The Balaban J connectivity index is 2.53. The molecule has 0 aliphatic heterocycles. The van der Waals surface area contributed by atoms with Crippen LogP contribution in [0.3, 0.4) is 0 Å². The number of aromatic amines is 1. The summed E-state index contributed by atoms with van der Waals surface area (Å²) < 4.78 is 0. The van der Waals surface area contributed by atoms with Crippen LogP contribution in [0, 0.1) is 0 Å². The van der Waals surface area contributed by atoms with Crippen LogP contribution in [0.2, 0.25) is 0 Å². The number of nitrogens with two attached hydrogens (primary N) is 1. The van der Waals surface area contributed by atoms with Crippen molar-refractivity contribution in [2.45, 2.75) is 12.1 Å². The van der Waals surface area contributed by atoms with Crippen LogP contribution in [0.25, 0.3) is 11.1 Å². The number of aromatic nitrogens is 2. The van der Waals surface area contributed by atoms with Crippen LogP contribution >= 0.6 is 11.8 Å². The maximum absolute atomic E-state index is 11.9. The maximum atomic E-state index is 11.9. The zero-order chi connectivity index (χ0) is 12.3. The van der Waals surface area contributed by atoms with E-state index in [0.717, 1.165) is 11.3 Å². The molecule has 2 aromatic rings. The molecule has 0 spiro atoms. The summed E-state index contributed by atoms with van der Waals surface area (Å²) in [5, 5.41) is 0.565. The maximum Gasteiger partial charge on any atom is 0.261 e. The van der Waals surface area contributed by atoms with Crippen molar-refractivity contribution in [3.05, 3.63) is 40.7 Å². The summed E-state index contributed by atoms with van der Waals surface area (Å²) in [5.74, 6) is 1.11. The van der Waals surface area contributed by atoms with Gasteiger partial charge in [0, 0.05) is 0 Å². The summed E-state index contributed by atoms with van der Waals surface area (Å²) in [6.45, 7) is 1.99. The molecule has 4 nitrogen and oxygen atoms in total. The highest BCUT2D eigenvalue weighted by Gasteiger charge is 2.10. The number of anilines is 1. The van der Waals surface area contributed by atoms with Gasteiger partial charge in [-0.25, -0.2) is 4.98 Å². The molecule has 3 N–H and O–H groups in total. The Morgan fingerprint density at radius 3 is 2.65 bits per heavy atom. The lowest BCUT2D eigenvalue weighted by Gasteiger charge is -2.05. The third kappa shape index (κ3) is 2.50. The average molecular weight is 247 g/mol. The number of H-pyrrole nitrogens is 1. The van der Waals surface area contributed by atoms with E-state index in [1.165, 1.54) is 11.8 Å². The Morgan fingerprint density at radius 2 is 2.06 bits per heavy atom. The van der Waals surface area contributed by atoms with Crippen LogP contribution < -0.4 is 11.3 Å². The quantitative estimate of drug-likeness (QED) is 0.644. The normalized spacial score (nSPS) is 10.4. The highest BCUT2D eigenvalue weighted by Crippen LogP contribution is 2.21. The van der Waals surface area contributed by atoms with Gasteiger partial charge < -0.3 is 10.7 Å². The standard InChI is InChI=1S/C12H13N3OS/c1-2-17-12-14-10(13)9(11(16)15-12)8-6-4-3-5-7-8/h3-7H,2H2,1H3,(H3,13,14,15,16). The van der Waals surface area contributed by atoms with Crippen molar-refractivity contribution in [1.82, 2.24) is 9.97 Å². The minimum atomic E-state index is -0.195. The van der Waals surface area contributed by atoms with Crippen molar-refractivity contribution in [3.63, 3.8) is 0 Å². The van der Waals surface area contributed by atoms with Crippen LogP contribution in [-0.2, 0) is 0 Å². The molecule has 0 aliphatic carbocycles. The van der Waals surface area contributed by atoms with Gasteiger partial charge in [-0.2, -0.15) is 0 Å². The monoisotopic (exact) mass is 247 g/mol. The number of nitrogens with zero attached hydrogens (tertiary/aromatic N) is 1. The smallest absolute Gasteiger partial charge is 0.261 e. The van der Waals surface area contributed by atoms with Gasteiger partial charge in [0.1, 0.15) is 5.82 Å². The van der Waals surface area contributed by atoms with E-state index in [2.05, 4.69) is 9.97 Å². The van der Waals surface area contributed by atoms with E-state index < -0.39 is 0 Å². The summed E-state index contributed by atoms with van der Waals surface area (Å²) in [6.07, 6.45) is 0. The largest absolute Gasteiger partial charge is 0.383 e. The molecule has 1 aromatic heterocycles. The SMILES string of the molecule is CCSc1nc(N)c(-c2ccccc2)c(=O)[nH]1. The average Bonchev–Trinajstić information content (AvgIpc) is 2.30. The second-order valence-corrected chi connectivity index (χ2v) is 4.68. The Kier molecular flexibility index (Phi) is 3.49. The fourth-order valence-electron chi connectivity index (χ4n) is 1.56. The molecule has 0 saturated carbocycles. The molecular formula is C12H13N3OS. The topological polar surface area (TPSA) is 71.8 Å². The first-order valence-electron chi connectivity index (χ1n) is 5.30. The fourth-order valence-corrected chi connectivity index (χ4v) is 2.16. The molecule has 17 heavy (non-hydrogen) atoms. The number of thioether (sulfide) groups is 1. The first-order valence-corrected chi connectivity index (χ1v) is 6.29. The molecule has 0 bridgehead atoms. The van der Waals surface area contributed by atoms with Crippen LogP contribution in [0.5, 0.6) is 0 Å². The Morgan fingerprint density at radius 1 is 1.35 bits per heavy atom. The van der Waals surface area contributed by atoms with E-state index in [1.807, 2.05) is 37.3 Å². The first-order chi connectivity index (χ1) is 8.22. The van der Waals surface area contributed by atoms with Crippen molar-refractivity contribution >= 4 is 17.6 Å². The molecule has 0 fully saturated rings. The number of hydrogen-bond acceptors (Lipinski definition) is 4. The molecule has 1 heterocycles. The Hall–Kier alpha value is -1.75. The number of rotatable bonds is 3. The molecule has 88 valence electrons. The fraction of sp³-hybridized carbons (Fsp3) is 0.167. The van der Waals surface area contributed by atoms with E-state index in [9.17, 15) is 4.79 Å². The number of hydrogen-bond donors (Lipinski definition) is 2. The molecule has 0 unspecified atom stereocenters. The van der Waals surface area contributed by atoms with Gasteiger partial charge in [0.25, 0.3) is 5.56 Å². The zero-order valence-corrected chi connectivity index (χ0v) is 10.3. The molecule has 0 atom stereocenters. The lowest BCUT2D eigenvalue weighted by molar-refractivity contribution is 0.949. The van der Waals surface area contributed by atoms with E-state index in [-0.39, 0.29) is 11.4 Å². The predicted molar refractivity (Wildman–Crippen MR) is 71.1 cm³/mol. The lowest BCUT2D eigenvalue weighted by Crippen LogP contribution is -2.15. The number of nitrogens with one attached hydrogen (secondary N) is 1. The van der Waals surface area contributed by atoms with Gasteiger partial charge in [0.2, 0.25) is 0 Å². The molecule has 1 aromatic carbocycles. The van der Waals surface area contributed by atoms with Gasteiger partial charge in [-0.05, 0) is 11.3 Å². The second-order valence-electron chi connectivity index (χ2n) is 3.43. The van der Waals surface area contributed by atoms with Gasteiger partial charge in [-0.1, -0.05) is 49.0 Å². The lowest BCUT2D eigenvalue weighted by atomic mass is 10.1. The minimum absolute atomic E-state index is 0.195. The zero-order valence-electron chi connectivity index (χ0n) is 9.43. The predicted octanol–water partition coefficient (Wildman–Crippen LogP) is 2.13. The van der Waals surface area contributed by atoms with Crippen molar-refractivity contribution in [3.8, 4) is 11.1 Å². The number of nitrogen functional groups attached to an aromatic ring is 1. The van der Waals surface area contributed by atoms with E-state index >= 15 is 0 Å². The summed E-state index contributed by atoms with van der Waals surface area (Å²) >= 11 is 1.46. The third-order valence-electron chi connectivity index (χ3n) is 2.27. The molecule has 0 aliphatic rings. The molecule has 0 amide bonds. The number of benzene rings is 1. The van der Waals surface area contributed by atoms with Gasteiger partial charge in [0.15, 0.2) is 5.16 Å². The van der Waals surface area contributed by atoms with Crippen LogP contribution in [0.1, 0.15) is 6.92 Å². The summed E-state index contributed by atoms with van der Waals surface area (Å²) in [5.41, 5.74) is 6.87. The highest BCUT2D eigenvalue weighted by atomic mass is 32.2. The first kappa shape index (κ1) is 11.7. The molecule has 2 rings (SSSR count). The van der Waals surface area contributed by atoms with Gasteiger partial charge in [0.05, 0.1) is 5.56 Å². The molecule has 0 saturated heterocycles. The van der Waals surface area contributed by atoms with Crippen molar-refractivity contribution < 1.29 is 0 Å². The van der Waals surface area contributed by atoms with E-state index in [4.69, 9.17) is 5.73 Å². The highest BCUT2D eigenvalue weighted by molar-refractivity contribution is 7.99. The van der Waals surface area contributed by atoms with E-state index in [0.29, 0.717) is 10.7 Å². The summed E-state index contributed by atoms with van der Waals surface area (Å²) in [7, 11) is 0. The van der Waals surface area contributed by atoms with Gasteiger partial charge >= 0.3 is 0 Å². The van der Waals surface area contributed by atoms with Crippen LogP contribution in [0.4, 0.5) is 5.82 Å². The minimum Gasteiger partial charge on any atom is -0.383 e. The van der Waals surface area contributed by atoms with Gasteiger partial charge in [-0.15, -0.1) is 0 Å². The van der Waals surface area contributed by atoms with E-state index in [1.54, 1.807) is 0 Å². The van der Waals surface area contributed by atoms with Crippen molar-refractivity contribution in [2.75, 3.05) is 11.5 Å². The third-order valence-corrected chi connectivity index (χ3v) is 3.02.